The van der Waals surface area contributed by atoms with E-state index in [1.54, 1.807) is 0 Å². The summed E-state index contributed by atoms with van der Waals surface area (Å²) in [6, 6.07) is 0. The van der Waals surface area contributed by atoms with Crippen molar-refractivity contribution < 1.29 is 0 Å². The minimum Gasteiger partial charge on any atom is -0.349 e. The lowest BCUT2D eigenvalue weighted by Crippen LogP contribution is -2.35. The first-order valence-corrected chi connectivity index (χ1v) is 8.03. The van der Waals surface area contributed by atoms with E-state index in [-0.39, 0.29) is 0 Å². The summed E-state index contributed by atoms with van der Waals surface area (Å²) < 4.78 is 2.23. The summed E-state index contributed by atoms with van der Waals surface area (Å²) in [6.07, 6.45) is 8.56. The van der Waals surface area contributed by atoms with Gasteiger partial charge >= 0.3 is 0 Å². The van der Waals surface area contributed by atoms with Gasteiger partial charge in [-0.05, 0) is 25.7 Å². The van der Waals surface area contributed by atoms with Crippen molar-refractivity contribution in [1.29, 1.82) is 0 Å². The van der Waals surface area contributed by atoms with Gasteiger partial charge in [-0.15, -0.1) is 0 Å². The summed E-state index contributed by atoms with van der Waals surface area (Å²) in [7, 11) is 4.03. The van der Waals surface area contributed by atoms with Crippen LogP contribution in [0.2, 0.25) is 0 Å². The Hall–Kier alpha value is -2.11. The Kier molecular flexibility index (Phi) is 3.24. The fourth-order valence-electron chi connectivity index (χ4n) is 3.39. The monoisotopic (exact) mass is 298 g/mol. The topological polar surface area (TPSA) is 50.1 Å². The minimum atomic E-state index is 0.828. The summed E-state index contributed by atoms with van der Waals surface area (Å²) in [4.78, 5) is 18.3. The van der Waals surface area contributed by atoms with Gasteiger partial charge in [-0.1, -0.05) is 0 Å². The first-order valence-electron chi connectivity index (χ1n) is 8.03. The fourth-order valence-corrected chi connectivity index (χ4v) is 3.39. The quantitative estimate of drug-likeness (QED) is 0.843. The maximum Gasteiger partial charge on any atom is 0.227 e. The van der Waals surface area contributed by atoms with Crippen molar-refractivity contribution in [3.63, 3.8) is 0 Å². The molecule has 0 N–H and O–H groups in total. The van der Waals surface area contributed by atoms with Crippen molar-refractivity contribution in [1.82, 2.24) is 19.5 Å². The number of imidazole rings is 1. The molecule has 0 spiro atoms. The molecule has 3 heterocycles. The van der Waals surface area contributed by atoms with E-state index < -0.39 is 0 Å². The average molecular weight is 298 g/mol. The van der Waals surface area contributed by atoms with Gasteiger partial charge in [0, 0.05) is 38.9 Å². The van der Waals surface area contributed by atoms with Crippen molar-refractivity contribution in [3.05, 3.63) is 29.5 Å². The lowest BCUT2D eigenvalue weighted by atomic mass is 9.96. The molecule has 1 aliphatic carbocycles. The molecule has 116 valence electrons. The zero-order valence-electron chi connectivity index (χ0n) is 13.3. The van der Waals surface area contributed by atoms with Crippen LogP contribution < -0.4 is 9.80 Å². The highest BCUT2D eigenvalue weighted by molar-refractivity contribution is 5.54. The molecule has 0 saturated heterocycles. The molecule has 2 aliphatic rings. The average Bonchev–Trinajstić information content (AvgIpc) is 3.01. The van der Waals surface area contributed by atoms with Crippen LogP contribution in [0.25, 0.3) is 0 Å². The van der Waals surface area contributed by atoms with Gasteiger partial charge in [-0.3, -0.25) is 0 Å². The lowest BCUT2D eigenvalue weighted by Gasteiger charge is -2.32. The van der Waals surface area contributed by atoms with Crippen LogP contribution in [-0.2, 0) is 25.9 Å². The molecule has 2 aromatic rings. The first kappa shape index (κ1) is 13.5. The Balaban J connectivity index is 1.75. The Morgan fingerprint density at radius 2 is 1.95 bits per heavy atom. The Bertz CT molecular complexity index is 690. The molecule has 22 heavy (non-hydrogen) atoms. The summed E-state index contributed by atoms with van der Waals surface area (Å²) >= 11 is 0. The van der Waals surface area contributed by atoms with Crippen molar-refractivity contribution in [3.8, 4) is 0 Å². The highest BCUT2D eigenvalue weighted by Crippen LogP contribution is 2.31. The lowest BCUT2D eigenvalue weighted by molar-refractivity contribution is 0.560. The van der Waals surface area contributed by atoms with Gasteiger partial charge in [-0.2, -0.15) is 4.98 Å². The molecule has 0 radical (unpaired) electrons. The molecule has 0 aromatic carbocycles. The van der Waals surface area contributed by atoms with Crippen LogP contribution in [-0.4, -0.2) is 40.2 Å². The number of hydrogen-bond donors (Lipinski definition) is 0. The largest absolute Gasteiger partial charge is 0.349 e. The summed E-state index contributed by atoms with van der Waals surface area (Å²) in [5, 5.41) is 0. The Labute approximate surface area is 130 Å². The molecule has 0 saturated carbocycles. The van der Waals surface area contributed by atoms with E-state index in [1.165, 1.54) is 29.8 Å². The van der Waals surface area contributed by atoms with E-state index in [2.05, 4.69) is 14.5 Å². The van der Waals surface area contributed by atoms with Gasteiger partial charge in [0.2, 0.25) is 5.95 Å². The number of anilines is 2. The second-order valence-corrected chi connectivity index (χ2v) is 6.37. The third-order valence-corrected chi connectivity index (χ3v) is 4.61. The number of aromatic nitrogens is 4. The molecule has 0 atom stereocenters. The van der Waals surface area contributed by atoms with Crippen LogP contribution in [0.3, 0.4) is 0 Å². The smallest absolute Gasteiger partial charge is 0.227 e. The van der Waals surface area contributed by atoms with E-state index in [1.807, 2.05) is 31.5 Å². The van der Waals surface area contributed by atoms with Crippen LogP contribution in [0.5, 0.6) is 0 Å². The van der Waals surface area contributed by atoms with Gasteiger partial charge in [0.15, 0.2) is 0 Å². The van der Waals surface area contributed by atoms with Gasteiger partial charge < -0.3 is 14.4 Å². The summed E-state index contributed by atoms with van der Waals surface area (Å²) in [5.41, 5.74) is 3.88. The second kappa shape index (κ2) is 5.26. The SMILES string of the molecule is CN(C)c1nc2c(c(N3CCn4cncc4C3)n1)CCCC2. The zero-order valence-corrected chi connectivity index (χ0v) is 13.3. The standard InChI is InChI=1S/C16H22N6/c1-20(2)16-18-14-6-4-3-5-13(14)15(19-16)21-7-8-22-11-17-9-12(22)10-21/h9,11H,3-8,10H2,1-2H3. The van der Waals surface area contributed by atoms with Crippen molar-refractivity contribution in [2.24, 2.45) is 0 Å². The van der Waals surface area contributed by atoms with Crippen LogP contribution in [0.4, 0.5) is 11.8 Å². The van der Waals surface area contributed by atoms with Crippen LogP contribution in [0.15, 0.2) is 12.5 Å². The molecule has 4 rings (SSSR count). The molecule has 6 heteroatoms. The number of hydrogen-bond acceptors (Lipinski definition) is 5. The van der Waals surface area contributed by atoms with Crippen molar-refractivity contribution in [2.75, 3.05) is 30.4 Å². The van der Waals surface area contributed by atoms with Crippen LogP contribution in [0, 0.1) is 0 Å². The van der Waals surface area contributed by atoms with Gasteiger partial charge in [0.05, 0.1) is 24.3 Å². The third-order valence-electron chi connectivity index (χ3n) is 4.61. The molecule has 6 nitrogen and oxygen atoms in total. The van der Waals surface area contributed by atoms with Crippen molar-refractivity contribution in [2.45, 2.75) is 38.8 Å². The summed E-state index contributed by atoms with van der Waals surface area (Å²) in [5.74, 6) is 1.97. The Morgan fingerprint density at radius 1 is 1.09 bits per heavy atom. The number of aryl methyl sites for hydroxylation is 1. The van der Waals surface area contributed by atoms with Crippen LogP contribution in [0.1, 0.15) is 29.8 Å². The fraction of sp³-hybridized carbons (Fsp3) is 0.562. The van der Waals surface area contributed by atoms with E-state index in [0.29, 0.717) is 0 Å². The summed E-state index contributed by atoms with van der Waals surface area (Å²) in [6.45, 7) is 2.85. The molecule has 0 fully saturated rings. The number of fused-ring (bicyclic) bond motifs is 2. The maximum atomic E-state index is 4.88. The van der Waals surface area contributed by atoms with E-state index in [4.69, 9.17) is 9.97 Å². The molecular weight excluding hydrogens is 276 g/mol. The maximum absolute atomic E-state index is 4.88. The van der Waals surface area contributed by atoms with E-state index in [9.17, 15) is 0 Å². The molecule has 0 bridgehead atoms. The minimum absolute atomic E-state index is 0.828. The molecule has 1 aliphatic heterocycles. The van der Waals surface area contributed by atoms with Gasteiger partial charge in [0.25, 0.3) is 0 Å². The molecule has 0 amide bonds. The highest BCUT2D eigenvalue weighted by Gasteiger charge is 2.25. The van der Waals surface area contributed by atoms with E-state index in [0.717, 1.165) is 44.2 Å². The molecule has 0 unspecified atom stereocenters. The molecular formula is C16H22N6. The normalized spacial score (nSPS) is 17.1. The predicted molar refractivity (Wildman–Crippen MR) is 86.3 cm³/mol. The highest BCUT2D eigenvalue weighted by atomic mass is 15.3. The van der Waals surface area contributed by atoms with E-state index >= 15 is 0 Å². The van der Waals surface area contributed by atoms with Gasteiger partial charge in [-0.25, -0.2) is 9.97 Å². The Morgan fingerprint density at radius 3 is 2.82 bits per heavy atom. The van der Waals surface area contributed by atoms with Gasteiger partial charge in [0.1, 0.15) is 5.82 Å². The predicted octanol–water partition coefficient (Wildman–Crippen LogP) is 1.64. The van der Waals surface area contributed by atoms with Crippen molar-refractivity contribution >= 4 is 11.8 Å². The number of rotatable bonds is 2. The molecule has 2 aromatic heterocycles. The first-order chi connectivity index (χ1) is 10.7. The second-order valence-electron chi connectivity index (χ2n) is 6.37. The zero-order chi connectivity index (χ0) is 15.1. The van der Waals surface area contributed by atoms with Crippen LogP contribution >= 0.6 is 0 Å². The number of nitrogens with zero attached hydrogens (tertiary/aromatic N) is 6. The third kappa shape index (κ3) is 2.23.